The van der Waals surface area contributed by atoms with Crippen LogP contribution in [0.15, 0.2) is 30.3 Å². The lowest BCUT2D eigenvalue weighted by Gasteiger charge is -2.09. The molecule has 0 aliphatic heterocycles. The molecule has 0 amide bonds. The van der Waals surface area contributed by atoms with E-state index in [1.165, 1.54) is 6.07 Å². The van der Waals surface area contributed by atoms with Gasteiger partial charge in [-0.1, -0.05) is 30.3 Å². The molecule has 0 fully saturated rings. The third-order valence-electron chi connectivity index (χ3n) is 1.56. The molecule has 0 heterocycles. The van der Waals surface area contributed by atoms with Gasteiger partial charge in [-0.25, -0.2) is 0 Å². The van der Waals surface area contributed by atoms with Crippen molar-refractivity contribution in [1.82, 2.24) is 5.32 Å². The van der Waals surface area contributed by atoms with Gasteiger partial charge < -0.3 is 5.32 Å². The highest BCUT2D eigenvalue weighted by atomic mass is 14.9. The molecular formula is C11H14N2. The van der Waals surface area contributed by atoms with Gasteiger partial charge in [-0.3, -0.25) is 0 Å². The summed E-state index contributed by atoms with van der Waals surface area (Å²) < 4.78 is 36.8. The molecule has 0 aliphatic rings. The van der Waals surface area contributed by atoms with Gasteiger partial charge >= 0.3 is 0 Å². The average molecular weight is 179 g/mol. The molecular weight excluding hydrogens is 160 g/mol. The Labute approximate surface area is 86.2 Å². The zero-order valence-electron chi connectivity index (χ0n) is 12.1. The molecule has 0 bridgehead atoms. The molecule has 0 spiro atoms. The van der Waals surface area contributed by atoms with E-state index in [-0.39, 0.29) is 6.54 Å². The summed E-state index contributed by atoms with van der Waals surface area (Å²) in [4.78, 5) is 0. The van der Waals surface area contributed by atoms with E-state index in [9.17, 15) is 0 Å². The Bertz CT molecular complexity index is 421. The average Bonchev–Trinajstić information content (AvgIpc) is 2.28. The normalized spacial score (nSPS) is 19.8. The van der Waals surface area contributed by atoms with Crippen LogP contribution < -0.4 is 5.32 Å². The summed E-state index contributed by atoms with van der Waals surface area (Å²) in [5.41, 5.74) is 0.834. The predicted molar refractivity (Wildman–Crippen MR) is 53.0 cm³/mol. The van der Waals surface area contributed by atoms with Crippen LogP contribution in [0.5, 0.6) is 0 Å². The highest BCUT2D eigenvalue weighted by Gasteiger charge is 1.98. The summed E-state index contributed by atoms with van der Waals surface area (Å²) in [6.45, 7) is -2.38. The number of rotatable bonds is 4. The van der Waals surface area contributed by atoms with Crippen molar-refractivity contribution in [1.29, 1.82) is 5.26 Å². The molecule has 1 N–H and O–H groups in total. The van der Waals surface area contributed by atoms with Crippen LogP contribution in [0, 0.1) is 11.3 Å². The number of nitriles is 1. The van der Waals surface area contributed by atoms with Gasteiger partial charge in [0.05, 0.1) is 12.4 Å². The third-order valence-corrected chi connectivity index (χ3v) is 1.56. The molecule has 1 rings (SSSR count). The minimum Gasteiger partial charge on any atom is -0.309 e. The monoisotopic (exact) mass is 179 g/mol. The predicted octanol–water partition coefficient (Wildman–Crippen LogP) is 2.08. The van der Waals surface area contributed by atoms with Crippen molar-refractivity contribution < 1.29 is 6.85 Å². The number of benzene rings is 1. The van der Waals surface area contributed by atoms with Crippen molar-refractivity contribution in [2.45, 2.75) is 25.8 Å². The number of hydrogen-bond acceptors (Lipinski definition) is 2. The van der Waals surface area contributed by atoms with Crippen molar-refractivity contribution >= 4 is 0 Å². The zero-order valence-corrected chi connectivity index (χ0v) is 7.12. The maximum atomic E-state index is 8.71. The Balaban J connectivity index is 2.79. The lowest BCUT2D eigenvalue weighted by Crippen LogP contribution is -2.24. The quantitative estimate of drug-likeness (QED) is 0.768. The van der Waals surface area contributed by atoms with Crippen molar-refractivity contribution in [3.05, 3.63) is 35.9 Å². The van der Waals surface area contributed by atoms with Gasteiger partial charge in [-0.2, -0.15) is 5.26 Å². The molecule has 68 valence electrons. The van der Waals surface area contributed by atoms with Gasteiger partial charge in [0.15, 0.2) is 0 Å². The summed E-state index contributed by atoms with van der Waals surface area (Å²) in [5.74, 6) is 0. The second kappa shape index (κ2) is 5.34. The van der Waals surface area contributed by atoms with E-state index in [2.05, 4.69) is 5.32 Å². The topological polar surface area (TPSA) is 35.8 Å². The first-order valence-electron chi connectivity index (χ1n) is 6.46. The SMILES string of the molecule is [2H]C([2H])([2H])C(NCc1ccccc1)C([2H])([2H])C#N. The standard InChI is InChI=1S/C11H14N2/c1-10(7-8-12)13-9-11-5-3-2-4-6-11/h2-6,10,13H,7,9H2,1H3/i1D3,7D2. The molecule has 2 nitrogen and oxygen atoms in total. The van der Waals surface area contributed by atoms with E-state index in [1.807, 2.05) is 6.07 Å². The summed E-state index contributed by atoms with van der Waals surface area (Å²) in [6, 6.07) is 8.92. The van der Waals surface area contributed by atoms with E-state index in [1.54, 1.807) is 24.3 Å². The summed E-state index contributed by atoms with van der Waals surface area (Å²) in [7, 11) is 0. The van der Waals surface area contributed by atoms with Gasteiger partial charge in [0, 0.05) is 19.4 Å². The number of hydrogen-bond donors (Lipinski definition) is 1. The lowest BCUT2D eigenvalue weighted by molar-refractivity contribution is 0.557. The van der Waals surface area contributed by atoms with Crippen molar-refractivity contribution in [2.75, 3.05) is 0 Å². The van der Waals surface area contributed by atoms with Crippen LogP contribution >= 0.6 is 0 Å². The van der Waals surface area contributed by atoms with Gasteiger partial charge in [-0.15, -0.1) is 0 Å². The molecule has 0 radical (unpaired) electrons. The largest absolute Gasteiger partial charge is 0.309 e. The molecule has 2 heteroatoms. The maximum Gasteiger partial charge on any atom is 0.0638 e. The van der Waals surface area contributed by atoms with Gasteiger partial charge in [0.2, 0.25) is 0 Å². The fourth-order valence-corrected chi connectivity index (χ4v) is 0.931. The van der Waals surface area contributed by atoms with Gasteiger partial charge in [0.1, 0.15) is 0 Å². The third kappa shape index (κ3) is 3.73. The molecule has 1 aromatic carbocycles. The highest BCUT2D eigenvalue weighted by molar-refractivity contribution is 5.14. The van der Waals surface area contributed by atoms with Crippen LogP contribution in [0.4, 0.5) is 0 Å². The Morgan fingerprint density at radius 2 is 2.38 bits per heavy atom. The summed E-state index contributed by atoms with van der Waals surface area (Å²) >= 11 is 0. The van der Waals surface area contributed by atoms with Crippen molar-refractivity contribution in [3.8, 4) is 6.07 Å². The second-order valence-electron chi connectivity index (χ2n) is 2.56. The highest BCUT2D eigenvalue weighted by Crippen LogP contribution is 1.98. The van der Waals surface area contributed by atoms with Crippen LogP contribution in [0.1, 0.15) is 25.6 Å². The fraction of sp³-hybridized carbons (Fsp3) is 0.364. The zero-order chi connectivity index (χ0) is 13.8. The van der Waals surface area contributed by atoms with E-state index in [0.717, 1.165) is 5.56 Å². The number of nitrogens with one attached hydrogen (secondary N) is 1. The Hall–Kier alpha value is -1.33. The molecule has 13 heavy (non-hydrogen) atoms. The number of nitrogens with zero attached hydrogens (tertiary/aromatic N) is 1. The van der Waals surface area contributed by atoms with Crippen molar-refractivity contribution in [3.63, 3.8) is 0 Å². The molecule has 1 atom stereocenters. The molecule has 0 saturated carbocycles. The minimum absolute atomic E-state index is 0.199. The van der Waals surface area contributed by atoms with E-state index in [0.29, 0.717) is 0 Å². The molecule has 0 aromatic heterocycles. The van der Waals surface area contributed by atoms with Crippen LogP contribution in [-0.2, 0) is 6.54 Å². The lowest BCUT2D eigenvalue weighted by atomic mass is 10.2. The molecule has 0 saturated heterocycles. The van der Waals surface area contributed by atoms with Crippen molar-refractivity contribution in [2.24, 2.45) is 0 Å². The Morgan fingerprint density at radius 3 is 3.00 bits per heavy atom. The first-order valence-corrected chi connectivity index (χ1v) is 3.96. The van der Waals surface area contributed by atoms with Gasteiger partial charge in [-0.05, 0) is 12.4 Å². The summed E-state index contributed by atoms with van der Waals surface area (Å²) in [5, 5.41) is 11.3. The Morgan fingerprint density at radius 1 is 1.62 bits per heavy atom. The van der Waals surface area contributed by atoms with E-state index < -0.39 is 19.3 Å². The van der Waals surface area contributed by atoms with Crippen LogP contribution in [0.25, 0.3) is 0 Å². The Kier molecular flexibility index (Phi) is 1.96. The first-order chi connectivity index (χ1) is 8.27. The molecule has 1 unspecified atom stereocenters. The second-order valence-corrected chi connectivity index (χ2v) is 2.56. The maximum absolute atomic E-state index is 8.71. The first kappa shape index (κ1) is 4.78. The minimum atomic E-state index is -2.58. The molecule has 1 aromatic rings. The van der Waals surface area contributed by atoms with E-state index >= 15 is 0 Å². The van der Waals surface area contributed by atoms with E-state index in [4.69, 9.17) is 12.1 Å². The summed E-state index contributed by atoms with van der Waals surface area (Å²) in [6.07, 6.45) is -2.44. The van der Waals surface area contributed by atoms with Crippen LogP contribution in [-0.4, -0.2) is 6.04 Å². The van der Waals surface area contributed by atoms with Gasteiger partial charge in [0.25, 0.3) is 0 Å². The van der Waals surface area contributed by atoms with Crippen LogP contribution in [0.2, 0.25) is 0 Å². The van der Waals surface area contributed by atoms with Crippen LogP contribution in [0.3, 0.4) is 0 Å². The fourth-order valence-electron chi connectivity index (χ4n) is 0.931. The molecule has 0 aliphatic carbocycles. The smallest absolute Gasteiger partial charge is 0.0638 e.